The van der Waals surface area contributed by atoms with Crippen molar-refractivity contribution in [1.29, 1.82) is 0 Å². The van der Waals surface area contributed by atoms with E-state index >= 15 is 0 Å². The molecule has 11 rings (SSSR count). The lowest BCUT2D eigenvalue weighted by atomic mass is 9.61. The highest BCUT2D eigenvalue weighted by Crippen LogP contribution is 2.56. The first-order valence-electron chi connectivity index (χ1n) is 17.4. The lowest BCUT2D eigenvalue weighted by Crippen LogP contribution is -2.37. The summed E-state index contributed by atoms with van der Waals surface area (Å²) in [4.78, 5) is 10.1. The van der Waals surface area contributed by atoms with E-state index in [4.69, 9.17) is 14.7 Å². The fraction of sp³-hybridized carbons (Fsp3) is 0.111. The van der Waals surface area contributed by atoms with Crippen LogP contribution in [0.1, 0.15) is 45.2 Å². The van der Waals surface area contributed by atoms with Gasteiger partial charge < -0.3 is 4.74 Å². The molecule has 0 unspecified atom stereocenters. The Hall–Kier alpha value is -5.78. The minimum atomic E-state index is -1.46. The molecule has 0 fully saturated rings. The predicted octanol–water partition coefficient (Wildman–Crippen LogP) is 10.6. The summed E-state index contributed by atoms with van der Waals surface area (Å²) in [7, 11) is -1.46. The third-order valence-electron chi connectivity index (χ3n) is 10.6. The Morgan fingerprint density at radius 3 is 1.90 bits per heavy atom. The first-order chi connectivity index (χ1) is 24.4. The molecule has 4 nitrogen and oxygen atoms in total. The molecule has 0 radical (unpaired) electrons. The number of benzene rings is 5. The molecular formula is C45H35N3OSi. The lowest BCUT2D eigenvalue weighted by molar-refractivity contribution is 0.447. The summed E-state index contributed by atoms with van der Waals surface area (Å²) < 4.78 is 8.71. The van der Waals surface area contributed by atoms with E-state index in [1.165, 1.54) is 44.0 Å². The molecule has 0 aliphatic heterocycles. The van der Waals surface area contributed by atoms with Crippen LogP contribution < -0.4 is 9.92 Å². The van der Waals surface area contributed by atoms with Crippen molar-refractivity contribution in [3.05, 3.63) is 179 Å². The Balaban J connectivity index is 1.08. The van der Waals surface area contributed by atoms with E-state index in [0.29, 0.717) is 11.8 Å². The number of nitrogens with zero attached hydrogens (tertiary/aromatic N) is 3. The van der Waals surface area contributed by atoms with E-state index in [2.05, 4.69) is 146 Å². The SMILES string of the molecule is C[Si](C)(C)c1cccc(-c2cccc(Oc3ccc4c5ccccc5n(-c5ccc6c(c5)C5c7ccccc7C6c6ccccc65)c4n3)n2)c1. The van der Waals surface area contributed by atoms with Gasteiger partial charge in [-0.15, -0.1) is 0 Å². The first-order valence-corrected chi connectivity index (χ1v) is 20.9. The van der Waals surface area contributed by atoms with Gasteiger partial charge in [-0.2, -0.15) is 4.98 Å². The molecule has 0 saturated heterocycles. The molecule has 5 aromatic carbocycles. The van der Waals surface area contributed by atoms with Gasteiger partial charge in [-0.05, 0) is 63.7 Å². The van der Waals surface area contributed by atoms with Crippen LogP contribution in [0.5, 0.6) is 11.8 Å². The standard InChI is InChI=1S/C45H35N3OSi/c1-50(2,3)30-13-10-12-28(26-30)39-19-11-21-41(46-39)49-42-25-24-37-31-14-8-9-20-40(31)48(45(37)47-42)29-22-23-36-38(27-29)44-34-17-6-4-15-32(34)43(36)33-16-5-7-18-35(33)44/h4-27,43-44H,1-3H3. The highest BCUT2D eigenvalue weighted by atomic mass is 28.3. The molecule has 3 aliphatic rings. The first kappa shape index (κ1) is 29.2. The van der Waals surface area contributed by atoms with Crippen LogP contribution in [0.25, 0.3) is 38.9 Å². The predicted molar refractivity (Wildman–Crippen MR) is 206 cm³/mol. The Kier molecular flexibility index (Phi) is 6.33. The van der Waals surface area contributed by atoms with Crippen LogP contribution in [0.3, 0.4) is 0 Å². The average Bonchev–Trinajstić information content (AvgIpc) is 3.48. The minimum Gasteiger partial charge on any atom is -0.421 e. The van der Waals surface area contributed by atoms with Crippen molar-refractivity contribution >= 4 is 35.2 Å². The van der Waals surface area contributed by atoms with Crippen molar-refractivity contribution in [2.45, 2.75) is 31.5 Å². The van der Waals surface area contributed by atoms with Crippen LogP contribution in [0, 0.1) is 0 Å². The molecule has 3 heterocycles. The van der Waals surface area contributed by atoms with Crippen molar-refractivity contribution in [2.75, 3.05) is 0 Å². The molecule has 240 valence electrons. The summed E-state index contributed by atoms with van der Waals surface area (Å²) >= 11 is 0. The van der Waals surface area contributed by atoms with Crippen molar-refractivity contribution in [1.82, 2.24) is 14.5 Å². The van der Waals surface area contributed by atoms with Gasteiger partial charge in [0.2, 0.25) is 11.8 Å². The van der Waals surface area contributed by atoms with Gasteiger partial charge in [0.05, 0.1) is 19.3 Å². The largest absolute Gasteiger partial charge is 0.421 e. The molecule has 5 heteroatoms. The van der Waals surface area contributed by atoms with E-state index in [-0.39, 0.29) is 11.8 Å². The molecule has 8 aromatic rings. The minimum absolute atomic E-state index is 0.201. The van der Waals surface area contributed by atoms with Gasteiger partial charge >= 0.3 is 0 Å². The van der Waals surface area contributed by atoms with Crippen molar-refractivity contribution < 1.29 is 4.74 Å². The zero-order chi connectivity index (χ0) is 33.6. The van der Waals surface area contributed by atoms with E-state index < -0.39 is 8.07 Å². The normalized spacial score (nSPS) is 15.9. The van der Waals surface area contributed by atoms with Crippen LogP contribution in [-0.4, -0.2) is 22.6 Å². The quantitative estimate of drug-likeness (QED) is 0.172. The van der Waals surface area contributed by atoms with E-state index in [0.717, 1.165) is 33.5 Å². The average molecular weight is 662 g/mol. The van der Waals surface area contributed by atoms with E-state index in [1.807, 2.05) is 24.3 Å². The molecule has 0 N–H and O–H groups in total. The van der Waals surface area contributed by atoms with Crippen LogP contribution in [0.4, 0.5) is 0 Å². The second-order valence-corrected chi connectivity index (χ2v) is 19.7. The van der Waals surface area contributed by atoms with Gasteiger partial charge in [0, 0.05) is 46.0 Å². The topological polar surface area (TPSA) is 39.9 Å². The fourth-order valence-electron chi connectivity index (χ4n) is 8.32. The summed E-state index contributed by atoms with van der Waals surface area (Å²) in [5.74, 6) is 1.49. The Morgan fingerprint density at radius 1 is 0.520 bits per heavy atom. The third-order valence-corrected chi connectivity index (χ3v) is 12.7. The van der Waals surface area contributed by atoms with Crippen LogP contribution in [0.15, 0.2) is 146 Å². The van der Waals surface area contributed by atoms with Crippen molar-refractivity contribution in [2.24, 2.45) is 0 Å². The molecule has 0 amide bonds. The molecule has 3 aromatic heterocycles. The lowest BCUT2D eigenvalue weighted by Gasteiger charge is -2.42. The molecule has 2 bridgehead atoms. The van der Waals surface area contributed by atoms with Gasteiger partial charge in [-0.1, -0.05) is 128 Å². The second-order valence-electron chi connectivity index (χ2n) is 14.6. The maximum Gasteiger partial charge on any atom is 0.223 e. The Labute approximate surface area is 292 Å². The van der Waals surface area contributed by atoms with E-state index in [1.54, 1.807) is 0 Å². The number of pyridine rings is 2. The van der Waals surface area contributed by atoms with Crippen molar-refractivity contribution in [3.8, 4) is 28.7 Å². The number of aromatic nitrogens is 3. The molecule has 3 aliphatic carbocycles. The second kappa shape index (κ2) is 10.9. The van der Waals surface area contributed by atoms with Crippen LogP contribution >= 0.6 is 0 Å². The van der Waals surface area contributed by atoms with Crippen LogP contribution in [-0.2, 0) is 0 Å². The summed E-state index contributed by atoms with van der Waals surface area (Å²) in [6.45, 7) is 7.10. The Bertz CT molecular complexity index is 2600. The highest BCUT2D eigenvalue weighted by Gasteiger charge is 2.41. The number of fused-ring (bicyclic) bond motifs is 3. The molecule has 0 saturated carbocycles. The Morgan fingerprint density at radius 2 is 1.16 bits per heavy atom. The molecule has 50 heavy (non-hydrogen) atoms. The smallest absolute Gasteiger partial charge is 0.223 e. The fourth-order valence-corrected chi connectivity index (χ4v) is 9.50. The number of hydrogen-bond donors (Lipinski definition) is 0. The summed E-state index contributed by atoms with van der Waals surface area (Å²) in [5.41, 5.74) is 13.5. The van der Waals surface area contributed by atoms with Crippen LogP contribution in [0.2, 0.25) is 19.6 Å². The molecular weight excluding hydrogens is 627 g/mol. The van der Waals surface area contributed by atoms with E-state index in [9.17, 15) is 0 Å². The third kappa shape index (κ3) is 4.43. The summed E-state index contributed by atoms with van der Waals surface area (Å²) in [6.07, 6.45) is 0. The zero-order valence-electron chi connectivity index (χ0n) is 28.3. The monoisotopic (exact) mass is 661 g/mol. The molecule has 0 spiro atoms. The van der Waals surface area contributed by atoms with Gasteiger partial charge in [0.25, 0.3) is 0 Å². The van der Waals surface area contributed by atoms with Gasteiger partial charge in [-0.25, -0.2) is 4.98 Å². The summed E-state index contributed by atoms with van der Waals surface area (Å²) in [6, 6.07) is 52.4. The maximum absolute atomic E-state index is 6.42. The maximum atomic E-state index is 6.42. The van der Waals surface area contributed by atoms with Gasteiger partial charge in [-0.3, -0.25) is 4.57 Å². The number of rotatable bonds is 5. The van der Waals surface area contributed by atoms with Gasteiger partial charge in [0.1, 0.15) is 5.65 Å². The van der Waals surface area contributed by atoms with Crippen molar-refractivity contribution in [3.63, 3.8) is 0 Å². The highest BCUT2D eigenvalue weighted by molar-refractivity contribution is 6.88. The number of hydrogen-bond acceptors (Lipinski definition) is 3. The number of ether oxygens (including phenoxy) is 1. The summed E-state index contributed by atoms with van der Waals surface area (Å²) in [5, 5.41) is 3.66. The van der Waals surface area contributed by atoms with Gasteiger partial charge in [0.15, 0.2) is 0 Å². The zero-order valence-corrected chi connectivity index (χ0v) is 29.3. The number of para-hydroxylation sites is 1. The molecule has 0 atom stereocenters.